The molecule has 7 nitrogen and oxygen atoms in total. The van der Waals surface area contributed by atoms with Gasteiger partial charge in [-0.2, -0.15) is 9.97 Å². The molecule has 0 radical (unpaired) electrons. The Hall–Kier alpha value is -3.35. The Bertz CT molecular complexity index is 976. The molecule has 0 aliphatic heterocycles. The SMILES string of the molecule is COc1ccc(N(C)c2nc(OCCCCCCC(=O)O)nc3ccccc23)cc1. The average Bonchev–Trinajstić information content (AvgIpc) is 2.77. The van der Waals surface area contributed by atoms with E-state index in [0.29, 0.717) is 19.0 Å². The van der Waals surface area contributed by atoms with Gasteiger partial charge in [-0.25, -0.2) is 0 Å². The first kappa shape index (κ1) is 21.4. The summed E-state index contributed by atoms with van der Waals surface area (Å²) >= 11 is 0. The van der Waals surface area contributed by atoms with Gasteiger partial charge in [-0.3, -0.25) is 4.79 Å². The van der Waals surface area contributed by atoms with Gasteiger partial charge in [0.15, 0.2) is 0 Å². The van der Waals surface area contributed by atoms with Crippen molar-refractivity contribution < 1.29 is 19.4 Å². The smallest absolute Gasteiger partial charge is 0.318 e. The molecule has 3 rings (SSSR count). The minimum absolute atomic E-state index is 0.218. The van der Waals surface area contributed by atoms with E-state index in [-0.39, 0.29) is 6.42 Å². The molecule has 0 unspecified atom stereocenters. The molecule has 0 spiro atoms. The van der Waals surface area contributed by atoms with Crippen LogP contribution in [0, 0.1) is 0 Å². The van der Waals surface area contributed by atoms with Crippen LogP contribution in [0.4, 0.5) is 11.5 Å². The van der Waals surface area contributed by atoms with E-state index < -0.39 is 5.97 Å². The van der Waals surface area contributed by atoms with Gasteiger partial charge in [0.1, 0.15) is 11.6 Å². The van der Waals surface area contributed by atoms with Gasteiger partial charge in [0, 0.05) is 24.5 Å². The number of benzene rings is 2. The summed E-state index contributed by atoms with van der Waals surface area (Å²) in [5.74, 6) is 0.818. The molecule has 1 aromatic heterocycles. The molecule has 1 heterocycles. The van der Waals surface area contributed by atoms with E-state index in [2.05, 4.69) is 9.97 Å². The zero-order chi connectivity index (χ0) is 21.3. The molecule has 0 saturated carbocycles. The van der Waals surface area contributed by atoms with Crippen LogP contribution in [0.3, 0.4) is 0 Å². The van der Waals surface area contributed by atoms with Gasteiger partial charge in [0.05, 0.1) is 19.2 Å². The summed E-state index contributed by atoms with van der Waals surface area (Å²) in [5, 5.41) is 9.62. The first-order valence-corrected chi connectivity index (χ1v) is 10.1. The largest absolute Gasteiger partial charge is 0.497 e. The van der Waals surface area contributed by atoms with Crippen molar-refractivity contribution in [1.29, 1.82) is 0 Å². The van der Waals surface area contributed by atoms with E-state index in [0.717, 1.165) is 47.4 Å². The van der Waals surface area contributed by atoms with E-state index >= 15 is 0 Å². The maximum atomic E-state index is 10.6. The fourth-order valence-electron chi connectivity index (χ4n) is 3.18. The first-order valence-electron chi connectivity index (χ1n) is 10.1. The lowest BCUT2D eigenvalue weighted by Gasteiger charge is -2.21. The summed E-state index contributed by atoms with van der Waals surface area (Å²) in [5.41, 5.74) is 1.79. The topological polar surface area (TPSA) is 84.8 Å². The lowest BCUT2D eigenvalue weighted by Crippen LogP contribution is -2.13. The molecule has 0 atom stereocenters. The van der Waals surface area contributed by atoms with E-state index in [9.17, 15) is 4.79 Å². The van der Waals surface area contributed by atoms with Crippen LogP contribution in [0.5, 0.6) is 11.8 Å². The fraction of sp³-hybridized carbons (Fsp3) is 0.348. The summed E-state index contributed by atoms with van der Waals surface area (Å²) in [6.07, 6.45) is 3.53. The number of aliphatic carboxylic acids is 1. The molecule has 0 fully saturated rings. The highest BCUT2D eigenvalue weighted by molar-refractivity contribution is 5.91. The van der Waals surface area contributed by atoms with Crippen molar-refractivity contribution in [2.45, 2.75) is 32.1 Å². The van der Waals surface area contributed by atoms with E-state index in [1.807, 2.05) is 60.5 Å². The summed E-state index contributed by atoms with van der Waals surface area (Å²) in [6.45, 7) is 0.497. The number of para-hydroxylation sites is 1. The number of fused-ring (bicyclic) bond motifs is 1. The number of carboxylic acid groups (broad SMARTS) is 1. The third-order valence-corrected chi connectivity index (χ3v) is 4.86. The van der Waals surface area contributed by atoms with Crippen LogP contribution < -0.4 is 14.4 Å². The summed E-state index contributed by atoms with van der Waals surface area (Å²) < 4.78 is 11.1. The quantitative estimate of drug-likeness (QED) is 0.454. The van der Waals surface area contributed by atoms with Crippen LogP contribution in [-0.4, -0.2) is 41.8 Å². The number of carboxylic acids is 1. The number of rotatable bonds is 11. The van der Waals surface area contributed by atoms with Gasteiger partial charge >= 0.3 is 12.0 Å². The van der Waals surface area contributed by atoms with Crippen molar-refractivity contribution in [1.82, 2.24) is 9.97 Å². The molecule has 0 aliphatic carbocycles. The standard InChI is InChI=1S/C23H27N3O4/c1-26(17-12-14-18(29-2)15-13-17)22-19-9-6-7-10-20(19)24-23(25-22)30-16-8-4-3-5-11-21(27)28/h6-7,9-10,12-15H,3-5,8,11,16H2,1-2H3,(H,27,28). The molecule has 158 valence electrons. The predicted molar refractivity (Wildman–Crippen MR) is 117 cm³/mol. The summed E-state index contributed by atoms with van der Waals surface area (Å²) in [7, 11) is 3.61. The third kappa shape index (κ3) is 5.59. The van der Waals surface area contributed by atoms with E-state index in [1.54, 1.807) is 7.11 Å². The second kappa shape index (κ2) is 10.4. The number of methoxy groups -OCH3 is 1. The zero-order valence-corrected chi connectivity index (χ0v) is 17.4. The van der Waals surface area contributed by atoms with Crippen LogP contribution in [-0.2, 0) is 4.79 Å². The van der Waals surface area contributed by atoms with E-state index in [1.165, 1.54) is 0 Å². The Balaban J connectivity index is 1.71. The highest BCUT2D eigenvalue weighted by Gasteiger charge is 2.14. The summed E-state index contributed by atoms with van der Waals surface area (Å²) in [4.78, 5) is 21.8. The van der Waals surface area contributed by atoms with Crippen molar-refractivity contribution in [3.63, 3.8) is 0 Å². The number of ether oxygens (including phenoxy) is 2. The van der Waals surface area contributed by atoms with Gasteiger partial charge in [0.25, 0.3) is 0 Å². The molecular weight excluding hydrogens is 382 g/mol. The lowest BCUT2D eigenvalue weighted by molar-refractivity contribution is -0.137. The normalized spacial score (nSPS) is 10.7. The zero-order valence-electron chi connectivity index (χ0n) is 17.4. The van der Waals surface area contributed by atoms with Crippen molar-refractivity contribution in [3.05, 3.63) is 48.5 Å². The molecule has 3 aromatic rings. The van der Waals surface area contributed by atoms with E-state index in [4.69, 9.17) is 14.6 Å². The molecule has 7 heteroatoms. The van der Waals surface area contributed by atoms with Crippen molar-refractivity contribution in [3.8, 4) is 11.8 Å². The summed E-state index contributed by atoms with van der Waals surface area (Å²) in [6, 6.07) is 16.0. The lowest BCUT2D eigenvalue weighted by atomic mass is 10.1. The van der Waals surface area contributed by atoms with Crippen LogP contribution >= 0.6 is 0 Å². The van der Waals surface area contributed by atoms with Gasteiger partial charge in [-0.1, -0.05) is 25.0 Å². The Morgan fingerprint density at radius 2 is 1.73 bits per heavy atom. The van der Waals surface area contributed by atoms with Crippen LogP contribution in [0.15, 0.2) is 48.5 Å². The molecule has 0 saturated heterocycles. The second-order valence-corrected chi connectivity index (χ2v) is 7.01. The fourth-order valence-corrected chi connectivity index (χ4v) is 3.18. The van der Waals surface area contributed by atoms with Crippen LogP contribution in [0.1, 0.15) is 32.1 Å². The predicted octanol–water partition coefficient (Wildman–Crippen LogP) is 4.82. The molecular formula is C23H27N3O4. The minimum Gasteiger partial charge on any atom is -0.497 e. The van der Waals surface area contributed by atoms with Gasteiger partial charge in [-0.05, 0) is 49.2 Å². The Labute approximate surface area is 176 Å². The highest BCUT2D eigenvalue weighted by atomic mass is 16.5. The second-order valence-electron chi connectivity index (χ2n) is 7.01. The number of aromatic nitrogens is 2. The molecule has 2 aromatic carbocycles. The molecule has 30 heavy (non-hydrogen) atoms. The van der Waals surface area contributed by atoms with Crippen molar-refractivity contribution in [2.24, 2.45) is 0 Å². The maximum absolute atomic E-state index is 10.6. The third-order valence-electron chi connectivity index (χ3n) is 4.86. The number of unbranched alkanes of at least 4 members (excludes halogenated alkanes) is 3. The van der Waals surface area contributed by atoms with Gasteiger partial charge < -0.3 is 19.5 Å². The molecule has 0 amide bonds. The Morgan fingerprint density at radius 1 is 1.00 bits per heavy atom. The number of hydrogen-bond acceptors (Lipinski definition) is 6. The number of nitrogens with zero attached hydrogens (tertiary/aromatic N) is 3. The minimum atomic E-state index is -0.746. The Kier molecular flexibility index (Phi) is 7.43. The van der Waals surface area contributed by atoms with Crippen molar-refractivity contribution >= 4 is 28.4 Å². The molecule has 0 aliphatic rings. The number of carbonyl (C=O) groups is 1. The maximum Gasteiger partial charge on any atom is 0.318 e. The highest BCUT2D eigenvalue weighted by Crippen LogP contribution is 2.31. The van der Waals surface area contributed by atoms with Crippen LogP contribution in [0.2, 0.25) is 0 Å². The first-order chi connectivity index (χ1) is 14.6. The van der Waals surface area contributed by atoms with Crippen molar-refractivity contribution in [2.75, 3.05) is 25.7 Å². The number of hydrogen-bond donors (Lipinski definition) is 1. The monoisotopic (exact) mass is 409 g/mol. The molecule has 0 bridgehead atoms. The van der Waals surface area contributed by atoms with Crippen LogP contribution in [0.25, 0.3) is 10.9 Å². The molecule has 1 N–H and O–H groups in total. The Morgan fingerprint density at radius 3 is 2.47 bits per heavy atom. The average molecular weight is 409 g/mol. The van der Waals surface area contributed by atoms with Gasteiger partial charge in [0.2, 0.25) is 0 Å². The van der Waals surface area contributed by atoms with Gasteiger partial charge in [-0.15, -0.1) is 0 Å². The number of anilines is 2.